The van der Waals surface area contributed by atoms with Gasteiger partial charge >= 0.3 is 5.76 Å². The van der Waals surface area contributed by atoms with Gasteiger partial charge in [0.05, 0.1) is 4.90 Å². The van der Waals surface area contributed by atoms with Crippen LogP contribution in [0.1, 0.15) is 17.5 Å². The van der Waals surface area contributed by atoms with E-state index in [1.165, 1.54) is 0 Å². The summed E-state index contributed by atoms with van der Waals surface area (Å²) in [5.41, 5.74) is -4.69. The molecule has 162 valence electrons. The molecule has 0 amide bonds. The van der Waals surface area contributed by atoms with Crippen LogP contribution in [0.15, 0.2) is 47.9 Å². The van der Waals surface area contributed by atoms with E-state index in [4.69, 9.17) is 4.74 Å². The molecule has 0 bridgehead atoms. The first kappa shape index (κ1) is 22.2. The molecule has 30 heavy (non-hydrogen) atoms. The van der Waals surface area contributed by atoms with E-state index in [2.05, 4.69) is 6.58 Å². The minimum atomic E-state index is -5.38. The number of aliphatic hydroxyl groups is 1. The van der Waals surface area contributed by atoms with Gasteiger partial charge in [-0.15, -0.1) is 6.58 Å². The Balaban J connectivity index is 2.28. The summed E-state index contributed by atoms with van der Waals surface area (Å²) >= 11 is 0. The zero-order chi connectivity index (χ0) is 22.5. The summed E-state index contributed by atoms with van der Waals surface area (Å²) in [7, 11) is -5.38. The van der Waals surface area contributed by atoms with Gasteiger partial charge in [0.2, 0.25) is 9.84 Å². The van der Waals surface area contributed by atoms with Crippen molar-refractivity contribution in [2.24, 2.45) is 0 Å². The van der Waals surface area contributed by atoms with Crippen molar-refractivity contribution in [1.82, 2.24) is 0 Å². The molecule has 1 N–H and O–H groups in total. The third kappa shape index (κ3) is 3.45. The van der Waals surface area contributed by atoms with Crippen molar-refractivity contribution in [3.05, 3.63) is 65.7 Å². The number of rotatable bonds is 6. The van der Waals surface area contributed by atoms with Gasteiger partial charge in [0.15, 0.2) is 5.60 Å². The number of ether oxygens (including phenoxy) is 1. The molecule has 3 rings (SSSR count). The molecular formula is C19H14F6O4S. The van der Waals surface area contributed by atoms with E-state index in [0.29, 0.717) is 12.1 Å². The molecule has 0 radical (unpaired) electrons. The topological polar surface area (TPSA) is 63.6 Å². The van der Waals surface area contributed by atoms with E-state index < -0.39 is 79.1 Å². The van der Waals surface area contributed by atoms with Crippen LogP contribution >= 0.6 is 0 Å². The largest absolute Gasteiger partial charge is 0.457 e. The maximum atomic E-state index is 14.7. The first-order valence-electron chi connectivity index (χ1n) is 8.37. The highest BCUT2D eigenvalue weighted by Crippen LogP contribution is 2.55. The number of hydrogen-bond donors (Lipinski definition) is 1. The van der Waals surface area contributed by atoms with Crippen LogP contribution in [-0.4, -0.2) is 25.2 Å². The van der Waals surface area contributed by atoms with Crippen LogP contribution in [0.4, 0.5) is 26.3 Å². The number of benzene rings is 2. The maximum Gasteiger partial charge on any atom is 0.341 e. The molecule has 2 aromatic carbocycles. The highest BCUT2D eigenvalue weighted by Gasteiger charge is 2.61. The van der Waals surface area contributed by atoms with E-state index >= 15 is 0 Å². The lowest BCUT2D eigenvalue weighted by molar-refractivity contribution is -0.173. The molecule has 1 atom stereocenters. The zero-order valence-corrected chi connectivity index (χ0v) is 15.8. The van der Waals surface area contributed by atoms with E-state index in [1.54, 1.807) is 0 Å². The smallest absolute Gasteiger partial charge is 0.341 e. The Morgan fingerprint density at radius 2 is 1.77 bits per heavy atom. The average Bonchev–Trinajstić information content (AvgIpc) is 2.81. The van der Waals surface area contributed by atoms with Crippen LogP contribution in [0.5, 0.6) is 11.5 Å². The molecule has 11 heteroatoms. The Hall–Kier alpha value is -2.53. The number of alkyl halides is 4. The number of fused-ring (bicyclic) bond motifs is 1. The fourth-order valence-corrected chi connectivity index (χ4v) is 4.42. The molecular weight excluding hydrogens is 438 g/mol. The van der Waals surface area contributed by atoms with E-state index in [-0.39, 0.29) is 0 Å². The van der Waals surface area contributed by atoms with Crippen LogP contribution in [0.25, 0.3) is 0 Å². The monoisotopic (exact) mass is 452 g/mol. The Bertz CT molecular complexity index is 1100. The summed E-state index contributed by atoms with van der Waals surface area (Å²) in [6.07, 6.45) is -1.22. The third-order valence-electron chi connectivity index (χ3n) is 4.69. The van der Waals surface area contributed by atoms with Gasteiger partial charge in [0, 0.05) is 42.2 Å². The molecule has 4 nitrogen and oxygen atoms in total. The van der Waals surface area contributed by atoms with Gasteiger partial charge in [-0.25, -0.2) is 26.0 Å². The molecule has 0 heterocycles. The second-order valence-corrected chi connectivity index (χ2v) is 8.55. The van der Waals surface area contributed by atoms with Gasteiger partial charge in [-0.05, 0) is 12.1 Å². The van der Waals surface area contributed by atoms with Gasteiger partial charge < -0.3 is 9.84 Å². The summed E-state index contributed by atoms with van der Waals surface area (Å²) in [6, 6.07) is 3.41. The minimum absolute atomic E-state index is 0.443. The summed E-state index contributed by atoms with van der Waals surface area (Å²) in [6.45, 7) is 3.24. The Kier molecular flexibility index (Phi) is 5.40. The lowest BCUT2D eigenvalue weighted by Crippen LogP contribution is -2.42. The molecule has 0 spiro atoms. The zero-order valence-electron chi connectivity index (χ0n) is 15.0. The van der Waals surface area contributed by atoms with E-state index in [9.17, 15) is 39.9 Å². The first-order chi connectivity index (χ1) is 13.8. The summed E-state index contributed by atoms with van der Waals surface area (Å²) in [4.78, 5) is -1.19. The molecule has 0 fully saturated rings. The van der Waals surface area contributed by atoms with Gasteiger partial charge in [-0.2, -0.15) is 8.78 Å². The predicted octanol–water partition coefficient (Wildman–Crippen LogP) is 4.71. The van der Waals surface area contributed by atoms with Gasteiger partial charge in [-0.1, -0.05) is 6.08 Å². The van der Waals surface area contributed by atoms with Crippen molar-refractivity contribution in [3.63, 3.8) is 0 Å². The Morgan fingerprint density at radius 1 is 1.17 bits per heavy atom. The average molecular weight is 452 g/mol. The molecule has 1 aliphatic rings. The first-order valence-corrected chi connectivity index (χ1v) is 9.91. The van der Waals surface area contributed by atoms with Gasteiger partial charge in [0.1, 0.15) is 23.1 Å². The SMILES string of the molecule is C=CCC1(O)c2c(S(=O)(=O)C(F)F)ccc(Oc3cc(F)cc(F)c3)c2CC1(F)F. The molecule has 0 aromatic heterocycles. The summed E-state index contributed by atoms with van der Waals surface area (Å²) < 4.78 is 112. The Labute approximate surface area is 167 Å². The second-order valence-electron chi connectivity index (χ2n) is 6.66. The van der Waals surface area contributed by atoms with Crippen molar-refractivity contribution >= 4 is 9.84 Å². The molecule has 0 saturated heterocycles. The van der Waals surface area contributed by atoms with Crippen molar-refractivity contribution < 1.29 is 44.6 Å². The lowest BCUT2D eigenvalue weighted by Gasteiger charge is -2.30. The fourth-order valence-electron chi connectivity index (χ4n) is 3.39. The van der Waals surface area contributed by atoms with Gasteiger partial charge in [-0.3, -0.25) is 0 Å². The highest BCUT2D eigenvalue weighted by molar-refractivity contribution is 7.91. The van der Waals surface area contributed by atoms with Crippen molar-refractivity contribution in [3.8, 4) is 11.5 Å². The standard InChI is InChI=1S/C19H14F6O4S/c1-2-5-18(26)16-13(9-19(18,24)25)14(3-4-15(16)30(27,28)17(22)23)29-12-7-10(20)6-11(21)8-12/h2-4,6-8,17,26H,1,5,9H2. The molecule has 2 aromatic rings. The number of sulfone groups is 1. The van der Waals surface area contributed by atoms with Crippen molar-refractivity contribution in [2.75, 3.05) is 0 Å². The van der Waals surface area contributed by atoms with Crippen LogP contribution in [0, 0.1) is 11.6 Å². The third-order valence-corrected chi connectivity index (χ3v) is 6.12. The van der Waals surface area contributed by atoms with E-state index in [0.717, 1.165) is 24.3 Å². The van der Waals surface area contributed by atoms with Crippen molar-refractivity contribution in [2.45, 2.75) is 35.0 Å². The van der Waals surface area contributed by atoms with E-state index in [1.807, 2.05) is 0 Å². The highest BCUT2D eigenvalue weighted by atomic mass is 32.2. The minimum Gasteiger partial charge on any atom is -0.457 e. The second kappa shape index (κ2) is 7.31. The van der Waals surface area contributed by atoms with Gasteiger partial charge in [0.25, 0.3) is 5.92 Å². The predicted molar refractivity (Wildman–Crippen MR) is 93.4 cm³/mol. The quantitative estimate of drug-likeness (QED) is 0.510. The molecule has 0 saturated carbocycles. The molecule has 0 aliphatic heterocycles. The van der Waals surface area contributed by atoms with Crippen molar-refractivity contribution in [1.29, 1.82) is 0 Å². The lowest BCUT2D eigenvalue weighted by atomic mass is 9.89. The molecule has 1 aliphatic carbocycles. The normalized spacial score (nSPS) is 20.3. The Morgan fingerprint density at radius 3 is 2.30 bits per heavy atom. The fraction of sp³-hybridized carbons (Fsp3) is 0.263. The molecule has 1 unspecified atom stereocenters. The van der Waals surface area contributed by atoms with Crippen LogP contribution in [0.3, 0.4) is 0 Å². The van der Waals surface area contributed by atoms with Crippen LogP contribution < -0.4 is 4.74 Å². The van der Waals surface area contributed by atoms with Crippen LogP contribution in [0.2, 0.25) is 0 Å². The maximum absolute atomic E-state index is 14.7. The van der Waals surface area contributed by atoms with Crippen LogP contribution in [-0.2, 0) is 21.9 Å². The summed E-state index contributed by atoms with van der Waals surface area (Å²) in [5.74, 6) is -10.9. The summed E-state index contributed by atoms with van der Waals surface area (Å²) in [5, 5.41) is 10.7. The number of hydrogen-bond acceptors (Lipinski definition) is 4. The number of halogens is 6.